The van der Waals surface area contributed by atoms with Crippen LogP contribution >= 0.6 is 0 Å². The number of amides is 1. The molecule has 4 rings (SSSR count). The Bertz CT molecular complexity index is 1010. The lowest BCUT2D eigenvalue weighted by atomic mass is 9.99. The maximum absolute atomic E-state index is 14.1. The van der Waals surface area contributed by atoms with E-state index in [1.165, 1.54) is 6.07 Å². The van der Waals surface area contributed by atoms with Crippen LogP contribution < -0.4 is 0 Å². The number of hydrogen-bond acceptors (Lipinski definition) is 2. The quantitative estimate of drug-likeness (QED) is 0.658. The first-order valence-corrected chi connectivity index (χ1v) is 9.42. The molecule has 1 amide bonds. The number of nitrogens with zero attached hydrogens (tertiary/aromatic N) is 2. The molecular formula is C23H23FN2O. The molecule has 1 aliphatic rings. The summed E-state index contributed by atoms with van der Waals surface area (Å²) in [5.41, 5.74) is 4.50. The molecule has 3 aromatic rings. The Kier molecular flexibility index (Phi) is 4.65. The summed E-state index contributed by atoms with van der Waals surface area (Å²) in [6.45, 7) is 4.34. The van der Waals surface area contributed by atoms with E-state index >= 15 is 0 Å². The van der Waals surface area contributed by atoms with Crippen LogP contribution in [-0.4, -0.2) is 21.8 Å². The number of para-hydroxylation sites is 1. The summed E-state index contributed by atoms with van der Waals surface area (Å²) in [5, 5.41) is 1.08. The second kappa shape index (κ2) is 7.10. The largest absolute Gasteiger partial charge is 0.335 e. The summed E-state index contributed by atoms with van der Waals surface area (Å²) in [6.07, 6.45) is 2.29. The zero-order chi connectivity index (χ0) is 19.0. The number of pyridine rings is 1. The van der Waals surface area contributed by atoms with Crippen molar-refractivity contribution in [3.05, 3.63) is 76.7 Å². The molecule has 1 fully saturated rings. The molecule has 1 heterocycles. The van der Waals surface area contributed by atoms with E-state index in [2.05, 4.69) is 11.9 Å². The summed E-state index contributed by atoms with van der Waals surface area (Å²) in [4.78, 5) is 19.6. The van der Waals surface area contributed by atoms with E-state index in [1.54, 1.807) is 12.1 Å². The molecule has 0 aliphatic heterocycles. The van der Waals surface area contributed by atoms with Gasteiger partial charge in [0.15, 0.2) is 0 Å². The Balaban J connectivity index is 1.62. The van der Waals surface area contributed by atoms with Crippen LogP contribution in [0.5, 0.6) is 0 Å². The third-order valence-electron chi connectivity index (χ3n) is 5.42. The number of fused-ring (bicyclic) bond motifs is 1. The lowest BCUT2D eigenvalue weighted by Gasteiger charge is -2.24. The van der Waals surface area contributed by atoms with Crippen molar-refractivity contribution in [3.63, 3.8) is 0 Å². The van der Waals surface area contributed by atoms with Gasteiger partial charge in [-0.1, -0.05) is 36.4 Å². The van der Waals surface area contributed by atoms with Crippen LogP contribution in [0.15, 0.2) is 48.5 Å². The fourth-order valence-electron chi connectivity index (χ4n) is 3.70. The van der Waals surface area contributed by atoms with Crippen LogP contribution in [0.2, 0.25) is 0 Å². The van der Waals surface area contributed by atoms with Gasteiger partial charge in [0.25, 0.3) is 0 Å². The highest BCUT2D eigenvalue weighted by Crippen LogP contribution is 2.30. The van der Waals surface area contributed by atoms with Crippen molar-refractivity contribution in [3.8, 4) is 0 Å². The molecule has 2 aromatic carbocycles. The van der Waals surface area contributed by atoms with E-state index in [1.807, 2.05) is 42.2 Å². The van der Waals surface area contributed by atoms with Gasteiger partial charge in [-0.2, -0.15) is 0 Å². The maximum atomic E-state index is 14.1. The summed E-state index contributed by atoms with van der Waals surface area (Å²) >= 11 is 0. The zero-order valence-corrected chi connectivity index (χ0v) is 15.7. The summed E-state index contributed by atoms with van der Waals surface area (Å²) < 4.78 is 14.1. The highest BCUT2D eigenvalue weighted by Gasteiger charge is 2.33. The Morgan fingerprint density at radius 2 is 1.81 bits per heavy atom. The average Bonchev–Trinajstić information content (AvgIpc) is 3.49. The van der Waals surface area contributed by atoms with Gasteiger partial charge in [0, 0.05) is 29.2 Å². The molecule has 3 nitrogen and oxygen atoms in total. The molecule has 0 unspecified atom stereocenters. The summed E-state index contributed by atoms with van der Waals surface area (Å²) in [6, 6.07) is 14.9. The monoisotopic (exact) mass is 362 g/mol. The second-order valence-electron chi connectivity index (χ2n) is 7.34. The third kappa shape index (κ3) is 3.57. The van der Waals surface area contributed by atoms with Crippen LogP contribution in [0, 0.1) is 19.7 Å². The Morgan fingerprint density at radius 1 is 1.11 bits per heavy atom. The molecule has 0 spiro atoms. The molecule has 0 saturated heterocycles. The minimum Gasteiger partial charge on any atom is -0.335 e. The summed E-state index contributed by atoms with van der Waals surface area (Å²) in [5.74, 6) is -0.209. The van der Waals surface area contributed by atoms with Gasteiger partial charge in [-0.15, -0.1) is 0 Å². The molecule has 138 valence electrons. The molecule has 27 heavy (non-hydrogen) atoms. The molecule has 0 bridgehead atoms. The first-order chi connectivity index (χ1) is 13.0. The molecular weight excluding hydrogens is 339 g/mol. The first kappa shape index (κ1) is 17.7. The highest BCUT2D eigenvalue weighted by molar-refractivity contribution is 5.86. The number of aryl methyl sites for hydroxylation is 2. The van der Waals surface area contributed by atoms with Gasteiger partial charge >= 0.3 is 0 Å². The fourth-order valence-corrected chi connectivity index (χ4v) is 3.70. The number of aromatic nitrogens is 1. The van der Waals surface area contributed by atoms with Crippen molar-refractivity contribution in [2.75, 3.05) is 0 Å². The van der Waals surface area contributed by atoms with Gasteiger partial charge in [0.05, 0.1) is 11.9 Å². The van der Waals surface area contributed by atoms with Crippen molar-refractivity contribution < 1.29 is 9.18 Å². The van der Waals surface area contributed by atoms with Gasteiger partial charge in [0.2, 0.25) is 5.91 Å². The van der Waals surface area contributed by atoms with E-state index in [4.69, 9.17) is 0 Å². The number of carbonyl (C=O) groups is 1. The Morgan fingerprint density at radius 3 is 2.56 bits per heavy atom. The first-order valence-electron chi connectivity index (χ1n) is 9.42. The van der Waals surface area contributed by atoms with Gasteiger partial charge in [-0.05, 0) is 49.9 Å². The third-order valence-corrected chi connectivity index (χ3v) is 5.42. The van der Waals surface area contributed by atoms with Crippen LogP contribution in [0.25, 0.3) is 10.9 Å². The van der Waals surface area contributed by atoms with Crippen molar-refractivity contribution in [2.24, 2.45) is 0 Å². The van der Waals surface area contributed by atoms with Gasteiger partial charge < -0.3 is 4.90 Å². The van der Waals surface area contributed by atoms with Crippen molar-refractivity contribution in [1.82, 2.24) is 9.88 Å². The topological polar surface area (TPSA) is 33.2 Å². The molecule has 4 heteroatoms. The van der Waals surface area contributed by atoms with Gasteiger partial charge in [-0.3, -0.25) is 9.78 Å². The normalized spacial score (nSPS) is 13.7. The number of carbonyl (C=O) groups excluding carboxylic acids is 1. The van der Waals surface area contributed by atoms with Crippen LogP contribution in [-0.2, 0) is 17.8 Å². The number of benzene rings is 2. The SMILES string of the molecule is Cc1nc2ccccc2c(C)c1CC(=O)N(Cc1ccccc1F)C1CC1. The number of halogens is 1. The standard InChI is InChI=1S/C23H23FN2O/c1-15-19-8-4-6-10-22(19)25-16(2)20(15)13-23(27)26(18-11-12-18)14-17-7-3-5-9-21(17)24/h3-10,18H,11-14H2,1-2H3. The molecule has 0 atom stereocenters. The van der Waals surface area contributed by atoms with E-state index in [-0.39, 0.29) is 17.8 Å². The van der Waals surface area contributed by atoms with Crippen molar-refractivity contribution >= 4 is 16.8 Å². The molecule has 1 saturated carbocycles. The predicted molar refractivity (Wildman–Crippen MR) is 105 cm³/mol. The predicted octanol–water partition coefficient (Wildman–Crippen LogP) is 4.72. The minimum absolute atomic E-state index is 0.0454. The summed E-state index contributed by atoms with van der Waals surface area (Å²) in [7, 11) is 0. The number of hydrogen-bond donors (Lipinski definition) is 0. The van der Waals surface area contributed by atoms with Crippen LogP contribution in [0.3, 0.4) is 0 Å². The van der Waals surface area contributed by atoms with E-state index in [0.29, 0.717) is 18.5 Å². The minimum atomic E-state index is -0.254. The smallest absolute Gasteiger partial charge is 0.227 e. The van der Waals surface area contributed by atoms with Crippen LogP contribution in [0.1, 0.15) is 35.2 Å². The second-order valence-corrected chi connectivity index (χ2v) is 7.34. The fraction of sp³-hybridized carbons (Fsp3) is 0.304. The molecule has 1 aliphatic carbocycles. The van der Waals surface area contributed by atoms with E-state index in [9.17, 15) is 9.18 Å². The van der Waals surface area contributed by atoms with Gasteiger partial charge in [-0.25, -0.2) is 4.39 Å². The lowest BCUT2D eigenvalue weighted by molar-refractivity contribution is -0.131. The van der Waals surface area contributed by atoms with E-state index < -0.39 is 0 Å². The molecule has 0 radical (unpaired) electrons. The molecule has 0 N–H and O–H groups in total. The average molecular weight is 362 g/mol. The number of rotatable bonds is 5. The van der Waals surface area contributed by atoms with Crippen molar-refractivity contribution in [1.29, 1.82) is 0 Å². The maximum Gasteiger partial charge on any atom is 0.227 e. The van der Waals surface area contributed by atoms with E-state index in [0.717, 1.165) is 40.6 Å². The highest BCUT2D eigenvalue weighted by atomic mass is 19.1. The molecule has 1 aromatic heterocycles. The zero-order valence-electron chi connectivity index (χ0n) is 15.7. The van der Waals surface area contributed by atoms with Gasteiger partial charge in [0.1, 0.15) is 5.82 Å². The Hall–Kier alpha value is -2.75. The van der Waals surface area contributed by atoms with Crippen LogP contribution in [0.4, 0.5) is 4.39 Å². The van der Waals surface area contributed by atoms with Crippen molar-refractivity contribution in [2.45, 2.75) is 45.7 Å². The Labute approximate surface area is 158 Å². The lowest BCUT2D eigenvalue weighted by Crippen LogP contribution is -2.34.